The lowest BCUT2D eigenvalue weighted by Crippen LogP contribution is -2.36. The summed E-state index contributed by atoms with van der Waals surface area (Å²) < 4.78 is 35.3. The summed E-state index contributed by atoms with van der Waals surface area (Å²) in [5.74, 6) is 0.263. The summed E-state index contributed by atoms with van der Waals surface area (Å²) in [7, 11) is 0. The minimum Gasteiger partial charge on any atom is -0.426 e. The predicted molar refractivity (Wildman–Crippen MR) is 188 cm³/mol. The van der Waals surface area contributed by atoms with Gasteiger partial charge in [-0.1, -0.05) is 73.5 Å². The summed E-state index contributed by atoms with van der Waals surface area (Å²) >= 11 is 6.54. The number of halogens is 1. The van der Waals surface area contributed by atoms with Crippen molar-refractivity contribution in [3.63, 3.8) is 0 Å². The molecule has 4 heterocycles. The van der Waals surface area contributed by atoms with E-state index in [0.29, 0.717) is 18.1 Å². The number of hydrogen-bond acceptors (Lipinski definition) is 15. The number of carbonyl (C=O) groups is 2. The Hall–Kier alpha value is -5.17. The predicted octanol–water partition coefficient (Wildman–Crippen LogP) is 4.97. The number of rotatable bonds is 17. The molecule has 0 aliphatic carbocycles. The van der Waals surface area contributed by atoms with Gasteiger partial charge in [-0.25, -0.2) is 14.6 Å². The van der Waals surface area contributed by atoms with Gasteiger partial charge in [0.05, 0.1) is 13.2 Å². The molecule has 19 heteroatoms. The number of ether oxygens (including phenoxy) is 6. The Morgan fingerprint density at radius 1 is 1.06 bits per heavy atom. The third-order valence-corrected chi connectivity index (χ3v) is 9.20. The van der Waals surface area contributed by atoms with Crippen molar-refractivity contribution >= 4 is 23.7 Å². The molecule has 2 fully saturated rings. The molecule has 288 valence electrons. The van der Waals surface area contributed by atoms with E-state index >= 15 is 0 Å². The smallest absolute Gasteiger partial charge is 0.426 e. The Balaban J connectivity index is 1.06. The minimum absolute atomic E-state index is 0.0230. The molecule has 54 heavy (non-hydrogen) atoms. The van der Waals surface area contributed by atoms with E-state index in [1.165, 1.54) is 6.92 Å². The maximum absolute atomic E-state index is 13.5. The van der Waals surface area contributed by atoms with Crippen molar-refractivity contribution in [1.29, 1.82) is 0 Å². The van der Waals surface area contributed by atoms with Crippen molar-refractivity contribution in [2.45, 2.75) is 89.8 Å². The van der Waals surface area contributed by atoms with Crippen LogP contribution in [0, 0.1) is 10.1 Å². The van der Waals surface area contributed by atoms with Crippen molar-refractivity contribution < 1.29 is 47.9 Å². The number of aromatic nitrogens is 6. The van der Waals surface area contributed by atoms with Gasteiger partial charge >= 0.3 is 12.1 Å². The van der Waals surface area contributed by atoms with E-state index in [1.807, 2.05) is 48.5 Å². The number of nitrogens with one attached hydrogen (secondary N) is 1. The lowest BCUT2D eigenvalue weighted by atomic mass is 9.98. The van der Waals surface area contributed by atoms with Crippen molar-refractivity contribution in [1.82, 2.24) is 30.2 Å². The molecule has 0 spiro atoms. The standard InChI is InChI=1S/C35H40ClN7O11/c1-4-5-10-28-37-32(36)29(42(28)17-22-11-13-23(14-12-22)24-8-6-7-9-25(24)33-38-40-41-39-33)34(44)51-21(3)52-35(45)53-27-19-50-30-26(18-49-31(27)30)48-16-15-20(2)54-43(46)47/h6-9,11-14,20-21,26-27,30-31H,4-5,10,15-19H2,1-3H3,(H,38,39,40,41)/t20-,21?,26-,27-,30?,31?/m0/s1. The number of benzene rings is 2. The Morgan fingerprint density at radius 2 is 1.78 bits per heavy atom. The first-order valence-electron chi connectivity index (χ1n) is 17.5. The summed E-state index contributed by atoms with van der Waals surface area (Å²) in [4.78, 5) is 45.8. The van der Waals surface area contributed by atoms with E-state index in [-0.39, 0.29) is 43.6 Å². The van der Waals surface area contributed by atoms with Gasteiger partial charge in [-0.3, -0.25) is 0 Å². The van der Waals surface area contributed by atoms with E-state index < -0.39 is 54.0 Å². The second-order valence-corrected chi connectivity index (χ2v) is 13.1. The molecule has 2 aromatic carbocycles. The molecule has 2 aromatic heterocycles. The van der Waals surface area contributed by atoms with E-state index in [2.05, 4.69) is 37.4 Å². The molecule has 2 saturated heterocycles. The summed E-state index contributed by atoms with van der Waals surface area (Å²) in [6.45, 7) is 5.66. The number of H-pyrrole nitrogens is 1. The summed E-state index contributed by atoms with van der Waals surface area (Å²) in [5, 5.41) is 24.0. The van der Waals surface area contributed by atoms with Crippen LogP contribution < -0.4 is 0 Å². The van der Waals surface area contributed by atoms with Crippen molar-refractivity contribution in [3.8, 4) is 22.5 Å². The molecular formula is C35H40ClN7O11. The number of hydrogen-bond donors (Lipinski definition) is 1. The highest BCUT2D eigenvalue weighted by atomic mass is 35.5. The topological polar surface area (TPSA) is 214 Å². The van der Waals surface area contributed by atoms with Gasteiger partial charge in [-0.05, 0) is 41.7 Å². The molecule has 3 unspecified atom stereocenters. The second-order valence-electron chi connectivity index (χ2n) is 12.8. The van der Waals surface area contributed by atoms with Gasteiger partial charge in [0.1, 0.15) is 30.2 Å². The van der Waals surface area contributed by atoms with Crippen LogP contribution in [0.25, 0.3) is 22.5 Å². The lowest BCUT2D eigenvalue weighted by molar-refractivity contribution is -0.767. The van der Waals surface area contributed by atoms with Gasteiger partial charge in [0.15, 0.2) is 17.0 Å². The second kappa shape index (κ2) is 17.8. The summed E-state index contributed by atoms with van der Waals surface area (Å²) in [6, 6.07) is 15.6. The fraction of sp³-hybridized carbons (Fsp3) is 0.486. The zero-order chi connectivity index (χ0) is 38.2. The quantitative estimate of drug-likeness (QED) is 0.0650. The van der Waals surface area contributed by atoms with Gasteiger partial charge in [-0.2, -0.15) is 5.21 Å². The first-order valence-corrected chi connectivity index (χ1v) is 17.9. The molecule has 0 amide bonds. The Kier molecular flexibility index (Phi) is 12.7. The van der Waals surface area contributed by atoms with Crippen LogP contribution >= 0.6 is 11.6 Å². The van der Waals surface area contributed by atoms with Crippen LogP contribution in [0.15, 0.2) is 48.5 Å². The third kappa shape index (κ3) is 9.30. The molecule has 2 aliphatic rings. The first kappa shape index (κ1) is 38.6. The number of unbranched alkanes of at least 4 members (excludes halogenated alkanes) is 1. The third-order valence-electron chi connectivity index (χ3n) is 8.94. The molecular weight excluding hydrogens is 730 g/mol. The van der Waals surface area contributed by atoms with Crippen LogP contribution in [-0.2, 0) is 46.2 Å². The average Bonchev–Trinajstić information content (AvgIpc) is 3.94. The number of aryl methyl sites for hydroxylation is 1. The van der Waals surface area contributed by atoms with Crippen LogP contribution in [0.4, 0.5) is 4.79 Å². The maximum atomic E-state index is 13.5. The molecule has 4 aromatic rings. The van der Waals surface area contributed by atoms with Crippen molar-refractivity contribution in [2.24, 2.45) is 0 Å². The number of carbonyl (C=O) groups excluding carboxylic acids is 2. The normalized spacial score (nSPS) is 20.2. The first-order chi connectivity index (χ1) is 26.1. The van der Waals surface area contributed by atoms with Gasteiger partial charge in [0.25, 0.3) is 5.09 Å². The Labute approximate surface area is 314 Å². The summed E-state index contributed by atoms with van der Waals surface area (Å²) in [5.41, 5.74) is 3.59. The van der Waals surface area contributed by atoms with Crippen LogP contribution in [0.2, 0.25) is 5.15 Å². The van der Waals surface area contributed by atoms with Crippen LogP contribution in [-0.4, -0.2) is 104 Å². The van der Waals surface area contributed by atoms with Crippen molar-refractivity contribution in [3.05, 3.63) is 80.9 Å². The van der Waals surface area contributed by atoms with E-state index in [4.69, 9.17) is 40.0 Å². The number of aromatic amines is 1. The highest BCUT2D eigenvalue weighted by molar-refractivity contribution is 6.32. The van der Waals surface area contributed by atoms with Gasteiger partial charge in [0, 0.05) is 32.1 Å². The van der Waals surface area contributed by atoms with Crippen molar-refractivity contribution in [2.75, 3.05) is 19.8 Å². The number of esters is 1. The number of nitrogens with zero attached hydrogens (tertiary/aromatic N) is 6. The largest absolute Gasteiger partial charge is 0.511 e. The maximum Gasteiger partial charge on any atom is 0.511 e. The van der Waals surface area contributed by atoms with Gasteiger partial charge in [0.2, 0.25) is 12.1 Å². The highest BCUT2D eigenvalue weighted by Gasteiger charge is 2.50. The number of imidazole rings is 1. The molecule has 0 radical (unpaired) electrons. The van der Waals surface area contributed by atoms with E-state index in [1.54, 1.807) is 11.5 Å². The monoisotopic (exact) mass is 769 g/mol. The van der Waals surface area contributed by atoms with Crippen LogP contribution in [0.5, 0.6) is 0 Å². The van der Waals surface area contributed by atoms with Gasteiger partial charge < -0.3 is 37.8 Å². The average molecular weight is 770 g/mol. The summed E-state index contributed by atoms with van der Waals surface area (Å²) in [6.07, 6.45) is -2.88. The molecule has 6 atom stereocenters. The molecule has 2 aliphatic heterocycles. The molecule has 1 N–H and O–H groups in total. The number of tetrazole rings is 1. The van der Waals surface area contributed by atoms with Crippen LogP contribution in [0.1, 0.15) is 61.9 Å². The molecule has 0 saturated carbocycles. The fourth-order valence-electron chi connectivity index (χ4n) is 6.31. The molecule has 18 nitrogen and oxygen atoms in total. The lowest BCUT2D eigenvalue weighted by Gasteiger charge is -2.19. The fourth-order valence-corrected chi connectivity index (χ4v) is 6.59. The SMILES string of the molecule is CCCCc1nc(Cl)c(C(=O)OC(C)OC(=O)O[C@H]2COC3C2OC[C@@H]3OCC[C@H](C)O[N+](=O)[O-])n1Cc1ccc(-c2ccccc2-c2nn[nH]n2)cc1. The molecule has 6 rings (SSSR count). The molecule has 0 bridgehead atoms. The van der Waals surface area contributed by atoms with E-state index in [0.717, 1.165) is 35.1 Å². The zero-order valence-electron chi connectivity index (χ0n) is 29.8. The Bertz CT molecular complexity index is 1890. The van der Waals surface area contributed by atoms with E-state index in [9.17, 15) is 19.7 Å². The Morgan fingerprint density at radius 3 is 2.48 bits per heavy atom. The minimum atomic E-state index is -1.34. The zero-order valence-corrected chi connectivity index (χ0v) is 30.5. The van der Waals surface area contributed by atoms with Crippen LogP contribution in [0.3, 0.4) is 0 Å². The van der Waals surface area contributed by atoms with Gasteiger partial charge in [-0.15, -0.1) is 20.3 Å². The number of fused-ring (bicyclic) bond motifs is 1. The highest BCUT2D eigenvalue weighted by Crippen LogP contribution is 2.32.